The molecule has 2 heterocycles. The molecule has 182 valence electrons. The van der Waals surface area contributed by atoms with Crippen LogP contribution in [0.1, 0.15) is 51.5 Å². The predicted molar refractivity (Wildman–Crippen MR) is 137 cm³/mol. The van der Waals surface area contributed by atoms with Gasteiger partial charge in [0.05, 0.1) is 30.2 Å². The zero-order valence-electron chi connectivity index (χ0n) is 20.4. The molecule has 35 heavy (non-hydrogen) atoms. The maximum atomic E-state index is 13.6. The number of fused-ring (bicyclic) bond motifs is 3. The molecule has 2 aromatic rings. The normalized spacial score (nSPS) is 26.3. The number of anilines is 1. The molecule has 0 radical (unpaired) electrons. The summed E-state index contributed by atoms with van der Waals surface area (Å²) in [6.45, 7) is 4.80. The fourth-order valence-electron chi connectivity index (χ4n) is 6.13. The number of carbonyl (C=O) groups is 2. The Morgan fingerprint density at radius 3 is 2.51 bits per heavy atom. The van der Waals surface area contributed by atoms with E-state index in [1.54, 1.807) is 12.1 Å². The molecule has 1 N–H and O–H groups in total. The third kappa shape index (κ3) is 4.45. The summed E-state index contributed by atoms with van der Waals surface area (Å²) in [6.07, 6.45) is 6.52. The SMILES string of the molecule is CCCC1=C2[C@@H](CC/C(C)=C/c3ccc(O)cc3)OC[C@@H]2[C@@H]2C(=O)N(c3ccccc3)C(=O)[C@@H]2C1. The van der Waals surface area contributed by atoms with E-state index in [0.717, 1.165) is 31.2 Å². The quantitative estimate of drug-likeness (QED) is 0.403. The Hall–Kier alpha value is -3.18. The molecule has 2 saturated heterocycles. The minimum absolute atomic E-state index is 0.000606. The van der Waals surface area contributed by atoms with Gasteiger partial charge in [0.1, 0.15) is 5.75 Å². The second-order valence-electron chi connectivity index (χ2n) is 10.0. The van der Waals surface area contributed by atoms with Crippen molar-refractivity contribution in [1.29, 1.82) is 0 Å². The highest BCUT2D eigenvalue weighted by molar-refractivity contribution is 6.22. The van der Waals surface area contributed by atoms with E-state index in [1.807, 2.05) is 42.5 Å². The summed E-state index contributed by atoms with van der Waals surface area (Å²) in [5, 5.41) is 9.51. The van der Waals surface area contributed by atoms with Gasteiger partial charge in [0.25, 0.3) is 0 Å². The second-order valence-corrected chi connectivity index (χ2v) is 10.0. The molecule has 0 bridgehead atoms. The zero-order chi connectivity index (χ0) is 24.5. The predicted octanol–water partition coefficient (Wildman–Crippen LogP) is 5.90. The molecule has 5 rings (SSSR count). The number of ether oxygens (including phenoxy) is 1. The number of para-hydroxylation sites is 1. The number of imide groups is 1. The Balaban J connectivity index is 1.36. The van der Waals surface area contributed by atoms with Gasteiger partial charge in [-0.15, -0.1) is 0 Å². The van der Waals surface area contributed by atoms with Gasteiger partial charge >= 0.3 is 0 Å². The minimum atomic E-state index is -0.322. The molecule has 3 aliphatic rings. The van der Waals surface area contributed by atoms with Crippen molar-refractivity contribution in [3.63, 3.8) is 0 Å². The highest BCUT2D eigenvalue weighted by Gasteiger charge is 2.57. The van der Waals surface area contributed by atoms with Crippen molar-refractivity contribution >= 4 is 23.6 Å². The van der Waals surface area contributed by atoms with E-state index < -0.39 is 0 Å². The Morgan fingerprint density at radius 1 is 1.06 bits per heavy atom. The van der Waals surface area contributed by atoms with Gasteiger partial charge < -0.3 is 9.84 Å². The van der Waals surface area contributed by atoms with Crippen LogP contribution in [-0.4, -0.2) is 29.6 Å². The van der Waals surface area contributed by atoms with E-state index in [2.05, 4.69) is 19.9 Å². The van der Waals surface area contributed by atoms with E-state index in [1.165, 1.54) is 21.6 Å². The van der Waals surface area contributed by atoms with Crippen LogP contribution < -0.4 is 4.90 Å². The number of carbonyl (C=O) groups excluding carboxylic acids is 2. The van der Waals surface area contributed by atoms with Gasteiger partial charge in [-0.1, -0.05) is 60.9 Å². The average molecular weight is 472 g/mol. The summed E-state index contributed by atoms with van der Waals surface area (Å²) >= 11 is 0. The van der Waals surface area contributed by atoms with Crippen LogP contribution in [0.5, 0.6) is 5.75 Å². The number of phenols is 1. The highest BCUT2D eigenvalue weighted by atomic mass is 16.5. The van der Waals surface area contributed by atoms with Gasteiger partial charge in [-0.2, -0.15) is 0 Å². The Morgan fingerprint density at radius 2 is 1.80 bits per heavy atom. The molecule has 0 aromatic heterocycles. The van der Waals surface area contributed by atoms with E-state index in [0.29, 0.717) is 18.7 Å². The molecule has 5 heteroatoms. The lowest BCUT2D eigenvalue weighted by Crippen LogP contribution is -2.34. The third-order valence-corrected chi connectivity index (χ3v) is 7.68. The number of hydrogen-bond acceptors (Lipinski definition) is 4. The number of amides is 2. The van der Waals surface area contributed by atoms with Crippen LogP contribution >= 0.6 is 0 Å². The Bertz CT molecular complexity index is 1160. The zero-order valence-corrected chi connectivity index (χ0v) is 20.4. The monoisotopic (exact) mass is 471 g/mol. The maximum Gasteiger partial charge on any atom is 0.238 e. The van der Waals surface area contributed by atoms with Crippen LogP contribution in [0.4, 0.5) is 5.69 Å². The van der Waals surface area contributed by atoms with E-state index in [-0.39, 0.29) is 41.4 Å². The van der Waals surface area contributed by atoms with E-state index in [9.17, 15) is 14.7 Å². The first-order chi connectivity index (χ1) is 17.0. The Labute approximate surface area is 207 Å². The van der Waals surface area contributed by atoms with Crippen molar-refractivity contribution in [2.24, 2.45) is 17.8 Å². The van der Waals surface area contributed by atoms with Gasteiger partial charge in [0.15, 0.2) is 0 Å². The van der Waals surface area contributed by atoms with Crippen LogP contribution in [0, 0.1) is 17.8 Å². The standard InChI is InChI=1S/C30H33NO4/c1-3-7-21-17-24-28(30(34)31(29(24)33)22-8-5-4-6-9-22)25-18-35-26(27(21)25)15-10-19(2)16-20-11-13-23(32)14-12-20/h4-6,8-9,11-14,16,24-26,28,32H,3,7,10,15,17-18H2,1-2H3/b19-16+/t24-,25+,26-,28-/m1/s1. The molecule has 2 aliphatic heterocycles. The van der Waals surface area contributed by atoms with Gasteiger partial charge in [-0.3, -0.25) is 14.5 Å². The average Bonchev–Trinajstić information content (AvgIpc) is 3.39. The number of benzene rings is 2. The molecule has 0 unspecified atom stereocenters. The van der Waals surface area contributed by atoms with E-state index in [4.69, 9.17) is 4.74 Å². The molecule has 1 aliphatic carbocycles. The number of phenolic OH excluding ortho intramolecular Hbond substituents is 1. The molecular formula is C30H33NO4. The first kappa shape index (κ1) is 23.6. The van der Waals surface area contributed by atoms with Gasteiger partial charge in [-0.25, -0.2) is 0 Å². The number of hydrogen-bond donors (Lipinski definition) is 1. The molecule has 2 fully saturated rings. The van der Waals surface area contributed by atoms with Crippen molar-refractivity contribution < 1.29 is 19.4 Å². The van der Waals surface area contributed by atoms with Gasteiger partial charge in [0.2, 0.25) is 11.8 Å². The molecular weight excluding hydrogens is 438 g/mol. The molecule has 2 aromatic carbocycles. The fourth-order valence-corrected chi connectivity index (χ4v) is 6.13. The lowest BCUT2D eigenvalue weighted by atomic mass is 9.68. The summed E-state index contributed by atoms with van der Waals surface area (Å²) in [5.41, 5.74) is 5.60. The van der Waals surface area contributed by atoms with Crippen molar-refractivity contribution in [3.8, 4) is 5.75 Å². The number of allylic oxidation sites excluding steroid dienone is 2. The first-order valence-electron chi connectivity index (χ1n) is 12.7. The number of nitrogens with zero attached hydrogens (tertiary/aromatic N) is 1. The summed E-state index contributed by atoms with van der Waals surface area (Å²) in [5.74, 6) is -0.478. The van der Waals surface area contributed by atoms with Crippen molar-refractivity contribution in [2.75, 3.05) is 11.5 Å². The minimum Gasteiger partial charge on any atom is -0.508 e. The lowest BCUT2D eigenvalue weighted by Gasteiger charge is -2.31. The molecule has 0 saturated carbocycles. The summed E-state index contributed by atoms with van der Waals surface area (Å²) in [6, 6.07) is 16.5. The highest BCUT2D eigenvalue weighted by Crippen LogP contribution is 2.51. The lowest BCUT2D eigenvalue weighted by molar-refractivity contribution is -0.122. The van der Waals surface area contributed by atoms with E-state index >= 15 is 0 Å². The van der Waals surface area contributed by atoms with Crippen LogP contribution in [0.2, 0.25) is 0 Å². The number of aromatic hydroxyl groups is 1. The molecule has 4 atom stereocenters. The second kappa shape index (κ2) is 9.82. The van der Waals surface area contributed by atoms with Gasteiger partial charge in [0, 0.05) is 5.92 Å². The first-order valence-corrected chi connectivity index (χ1v) is 12.7. The topological polar surface area (TPSA) is 66.8 Å². The van der Waals surface area contributed by atoms with Crippen molar-refractivity contribution in [2.45, 2.75) is 52.1 Å². The van der Waals surface area contributed by atoms with Crippen LogP contribution in [-0.2, 0) is 14.3 Å². The number of rotatable bonds is 7. The van der Waals surface area contributed by atoms with Crippen molar-refractivity contribution in [3.05, 3.63) is 76.9 Å². The molecule has 0 spiro atoms. The fraction of sp³-hybridized carbons (Fsp3) is 0.400. The molecule has 5 nitrogen and oxygen atoms in total. The van der Waals surface area contributed by atoms with Crippen LogP contribution in [0.15, 0.2) is 71.3 Å². The Kier molecular flexibility index (Phi) is 6.61. The molecule has 2 amide bonds. The van der Waals surface area contributed by atoms with Crippen LogP contribution in [0.25, 0.3) is 6.08 Å². The summed E-state index contributed by atoms with van der Waals surface area (Å²) in [4.78, 5) is 28.4. The third-order valence-electron chi connectivity index (χ3n) is 7.68. The largest absolute Gasteiger partial charge is 0.508 e. The smallest absolute Gasteiger partial charge is 0.238 e. The summed E-state index contributed by atoms with van der Waals surface area (Å²) in [7, 11) is 0. The summed E-state index contributed by atoms with van der Waals surface area (Å²) < 4.78 is 6.33. The maximum absolute atomic E-state index is 13.6. The van der Waals surface area contributed by atoms with Crippen molar-refractivity contribution in [1.82, 2.24) is 0 Å². The van der Waals surface area contributed by atoms with Gasteiger partial charge in [-0.05, 0) is 68.0 Å². The van der Waals surface area contributed by atoms with Crippen LogP contribution in [0.3, 0.4) is 0 Å².